The number of carbonyl (C=O) groups is 1. The Labute approximate surface area is 170 Å². The Morgan fingerprint density at radius 3 is 2.73 bits per heavy atom. The van der Waals surface area contributed by atoms with Crippen molar-refractivity contribution in [2.24, 2.45) is 18.9 Å². The van der Waals surface area contributed by atoms with Gasteiger partial charge in [-0.05, 0) is 31.2 Å². The summed E-state index contributed by atoms with van der Waals surface area (Å²) in [5.74, 6) is 0.831. The van der Waals surface area contributed by atoms with Crippen LogP contribution in [0.3, 0.4) is 0 Å². The van der Waals surface area contributed by atoms with Crippen molar-refractivity contribution in [2.45, 2.75) is 31.7 Å². The van der Waals surface area contributed by atoms with E-state index in [1.807, 2.05) is 26.4 Å². The first-order valence-electron chi connectivity index (χ1n) is 8.53. The third kappa shape index (κ3) is 4.39. The van der Waals surface area contributed by atoms with Crippen molar-refractivity contribution in [3.8, 4) is 0 Å². The molecule has 1 saturated heterocycles. The van der Waals surface area contributed by atoms with E-state index in [0.717, 1.165) is 29.4 Å². The van der Waals surface area contributed by atoms with Gasteiger partial charge in [0.25, 0.3) is 0 Å². The molecule has 2 aliphatic rings. The summed E-state index contributed by atoms with van der Waals surface area (Å²) >= 11 is 1.66. The van der Waals surface area contributed by atoms with Crippen LogP contribution < -0.4 is 10.6 Å². The molecule has 1 amide bonds. The molecule has 26 heavy (non-hydrogen) atoms. The van der Waals surface area contributed by atoms with Crippen molar-refractivity contribution < 1.29 is 4.79 Å². The van der Waals surface area contributed by atoms with E-state index < -0.39 is 0 Å². The Morgan fingerprint density at radius 2 is 2.15 bits per heavy atom. The molecule has 1 unspecified atom stereocenters. The van der Waals surface area contributed by atoms with Crippen LogP contribution in [0.15, 0.2) is 17.8 Å². The van der Waals surface area contributed by atoms with Crippen LogP contribution >= 0.6 is 36.2 Å². The highest BCUT2D eigenvalue weighted by Crippen LogP contribution is 2.42. The molecule has 2 N–H and O–H groups in total. The lowest BCUT2D eigenvalue weighted by Gasteiger charge is -2.21. The van der Waals surface area contributed by atoms with Gasteiger partial charge in [-0.2, -0.15) is 5.10 Å². The molecule has 0 aromatic carbocycles. The second-order valence-corrected chi connectivity index (χ2v) is 7.86. The van der Waals surface area contributed by atoms with E-state index in [4.69, 9.17) is 0 Å². The first-order valence-corrected chi connectivity index (χ1v) is 9.41. The van der Waals surface area contributed by atoms with Crippen molar-refractivity contribution in [3.63, 3.8) is 0 Å². The second-order valence-electron chi connectivity index (χ2n) is 6.97. The van der Waals surface area contributed by atoms with Crippen LogP contribution in [0, 0.1) is 18.8 Å². The van der Waals surface area contributed by atoms with Gasteiger partial charge < -0.3 is 10.6 Å². The maximum absolute atomic E-state index is 13.0. The van der Waals surface area contributed by atoms with Crippen molar-refractivity contribution in [3.05, 3.63) is 34.0 Å². The summed E-state index contributed by atoms with van der Waals surface area (Å²) in [5.41, 5.74) is 2.17. The van der Waals surface area contributed by atoms with Crippen molar-refractivity contribution in [1.29, 1.82) is 0 Å². The van der Waals surface area contributed by atoms with Crippen LogP contribution in [-0.4, -0.2) is 33.8 Å². The molecular weight excluding hydrogens is 393 g/mol. The van der Waals surface area contributed by atoms with Gasteiger partial charge >= 0.3 is 0 Å². The Kier molecular flexibility index (Phi) is 7.07. The number of hydrogen-bond donors (Lipinski definition) is 2. The van der Waals surface area contributed by atoms with Gasteiger partial charge in [0.05, 0.1) is 18.2 Å². The Hall–Kier alpha value is -1.15. The van der Waals surface area contributed by atoms with Gasteiger partial charge in [0.2, 0.25) is 5.91 Å². The van der Waals surface area contributed by atoms with Gasteiger partial charge in [-0.25, -0.2) is 4.98 Å². The fourth-order valence-corrected chi connectivity index (χ4v) is 4.46. The number of rotatable bonds is 5. The summed E-state index contributed by atoms with van der Waals surface area (Å²) in [4.78, 5) is 17.6. The standard InChI is InChI=1S/C17H23N5OS.2ClH/c1-10-9-24-17(20-10)15(11-3-4-11)21-16(23)14-7-18-6-13(14)12-5-19-22(2)8-12;;/h5,8-9,11,13-15,18H,3-4,6-7H2,1-2H3,(H,21,23);2*1H/t13-,14+,15?;;/m1../s1. The van der Waals surface area contributed by atoms with Crippen LogP contribution in [0.1, 0.15) is 41.1 Å². The monoisotopic (exact) mass is 417 g/mol. The number of halogens is 2. The molecule has 6 nitrogen and oxygen atoms in total. The zero-order chi connectivity index (χ0) is 16.7. The molecule has 1 aliphatic carbocycles. The van der Waals surface area contributed by atoms with E-state index in [2.05, 4.69) is 26.1 Å². The number of thiazole rings is 1. The molecule has 2 fully saturated rings. The molecule has 2 aromatic rings. The molecular formula is C17H25Cl2N5OS. The smallest absolute Gasteiger partial charge is 0.225 e. The first-order chi connectivity index (χ1) is 11.6. The highest BCUT2D eigenvalue weighted by molar-refractivity contribution is 7.09. The summed E-state index contributed by atoms with van der Waals surface area (Å²) in [6, 6.07) is 0.0753. The molecule has 0 spiro atoms. The average molecular weight is 418 g/mol. The molecule has 1 saturated carbocycles. The van der Waals surface area contributed by atoms with Gasteiger partial charge in [0, 0.05) is 43.3 Å². The van der Waals surface area contributed by atoms with E-state index in [0.29, 0.717) is 5.92 Å². The largest absolute Gasteiger partial charge is 0.346 e. The van der Waals surface area contributed by atoms with Gasteiger partial charge in [-0.3, -0.25) is 9.48 Å². The normalized spacial score (nSPS) is 23.0. The lowest BCUT2D eigenvalue weighted by atomic mass is 9.90. The van der Waals surface area contributed by atoms with Crippen molar-refractivity contribution in [1.82, 2.24) is 25.4 Å². The minimum atomic E-state index is -0.0449. The van der Waals surface area contributed by atoms with Crippen molar-refractivity contribution >= 4 is 42.1 Å². The number of nitrogens with zero attached hydrogens (tertiary/aromatic N) is 3. The zero-order valence-electron chi connectivity index (χ0n) is 14.8. The third-order valence-corrected chi connectivity index (χ3v) is 6.04. The molecule has 9 heteroatoms. The van der Waals surface area contributed by atoms with Crippen LogP contribution in [0.25, 0.3) is 0 Å². The van der Waals surface area contributed by atoms with E-state index in [1.165, 1.54) is 12.8 Å². The molecule has 4 rings (SSSR count). The summed E-state index contributed by atoms with van der Waals surface area (Å²) in [5, 5.41) is 14.0. The van der Waals surface area contributed by atoms with Gasteiger partial charge in [-0.15, -0.1) is 36.2 Å². The Bertz CT molecular complexity index is 745. The van der Waals surface area contributed by atoms with E-state index >= 15 is 0 Å². The maximum Gasteiger partial charge on any atom is 0.225 e. The number of amides is 1. The summed E-state index contributed by atoms with van der Waals surface area (Å²) in [6.07, 6.45) is 6.25. The van der Waals surface area contributed by atoms with Crippen LogP contribution in [0.5, 0.6) is 0 Å². The summed E-state index contributed by atoms with van der Waals surface area (Å²) in [7, 11) is 1.91. The van der Waals surface area contributed by atoms with Gasteiger partial charge in [-0.1, -0.05) is 0 Å². The Balaban J connectivity index is 0.00000121. The van der Waals surface area contributed by atoms with Crippen LogP contribution in [0.2, 0.25) is 0 Å². The van der Waals surface area contributed by atoms with E-state index in [-0.39, 0.29) is 48.6 Å². The van der Waals surface area contributed by atoms with Gasteiger partial charge in [0.15, 0.2) is 0 Å². The van der Waals surface area contributed by atoms with E-state index in [1.54, 1.807) is 16.0 Å². The first kappa shape index (κ1) is 21.2. The zero-order valence-corrected chi connectivity index (χ0v) is 17.3. The number of carbonyl (C=O) groups excluding carboxylic acids is 1. The highest BCUT2D eigenvalue weighted by Gasteiger charge is 2.39. The van der Waals surface area contributed by atoms with Crippen LogP contribution in [0.4, 0.5) is 0 Å². The lowest BCUT2D eigenvalue weighted by Crippen LogP contribution is -2.37. The quantitative estimate of drug-likeness (QED) is 0.783. The van der Waals surface area contributed by atoms with E-state index in [9.17, 15) is 4.79 Å². The molecule has 144 valence electrons. The SMILES string of the molecule is Cc1csc(C(NC(=O)[C@H]2CNC[C@@H]2c2cnn(C)c2)C2CC2)n1.Cl.Cl. The predicted octanol–water partition coefficient (Wildman–Crippen LogP) is 2.60. The maximum atomic E-state index is 13.0. The number of aryl methyl sites for hydroxylation is 2. The molecule has 1 aliphatic heterocycles. The minimum absolute atomic E-state index is 0. The molecule has 0 bridgehead atoms. The lowest BCUT2D eigenvalue weighted by molar-refractivity contribution is -0.125. The number of nitrogens with one attached hydrogen (secondary N) is 2. The summed E-state index contributed by atoms with van der Waals surface area (Å²) in [6.45, 7) is 3.55. The Morgan fingerprint density at radius 1 is 1.38 bits per heavy atom. The minimum Gasteiger partial charge on any atom is -0.346 e. The van der Waals surface area contributed by atoms with Crippen molar-refractivity contribution in [2.75, 3.05) is 13.1 Å². The number of aromatic nitrogens is 3. The third-order valence-electron chi connectivity index (χ3n) is 5.00. The molecule has 3 heterocycles. The predicted molar refractivity (Wildman–Crippen MR) is 107 cm³/mol. The molecule has 0 radical (unpaired) electrons. The molecule has 3 atom stereocenters. The fourth-order valence-electron chi connectivity index (χ4n) is 3.52. The summed E-state index contributed by atoms with van der Waals surface area (Å²) < 4.78 is 1.80. The van der Waals surface area contributed by atoms with Gasteiger partial charge in [0.1, 0.15) is 5.01 Å². The fraction of sp³-hybridized carbons (Fsp3) is 0.588. The van der Waals surface area contributed by atoms with Crippen LogP contribution in [-0.2, 0) is 11.8 Å². The topological polar surface area (TPSA) is 71.8 Å². The molecule has 2 aromatic heterocycles. The highest BCUT2D eigenvalue weighted by atomic mass is 35.5. The number of hydrogen-bond acceptors (Lipinski definition) is 5. The second kappa shape index (κ2) is 8.69. The average Bonchev–Trinajstić information content (AvgIpc) is 2.95.